The van der Waals surface area contributed by atoms with Gasteiger partial charge < -0.3 is 75.1 Å². The molecule has 0 aromatic heterocycles. The summed E-state index contributed by atoms with van der Waals surface area (Å²) in [6, 6.07) is -0.420. The highest BCUT2D eigenvalue weighted by atomic mass is 32.2. The van der Waals surface area contributed by atoms with E-state index in [9.17, 15) is 76.7 Å². The number of primary amides is 3. The van der Waals surface area contributed by atoms with Gasteiger partial charge in [-0.3, -0.25) is 72.1 Å². The van der Waals surface area contributed by atoms with Crippen LogP contribution in [0.5, 0.6) is 0 Å². The molecule has 0 aliphatic carbocycles. The van der Waals surface area contributed by atoms with Gasteiger partial charge >= 0.3 is 18.1 Å². The molecule has 0 saturated carbocycles. The predicted molar refractivity (Wildman–Crippen MR) is 390 cm³/mol. The van der Waals surface area contributed by atoms with E-state index in [1.807, 2.05) is 20.8 Å². The van der Waals surface area contributed by atoms with Gasteiger partial charge in [0.1, 0.15) is 24.7 Å². The van der Waals surface area contributed by atoms with Crippen LogP contribution in [-0.2, 0) is 73.7 Å². The van der Waals surface area contributed by atoms with Gasteiger partial charge in [-0.2, -0.15) is 23.5 Å². The first kappa shape index (κ1) is 87.8. The van der Waals surface area contributed by atoms with E-state index in [1.165, 1.54) is 33.3 Å². The number of urea groups is 3. The summed E-state index contributed by atoms with van der Waals surface area (Å²) in [5.74, 6) is -4.39. The molecule has 2 fully saturated rings. The number of hydrogen-bond acceptors (Lipinski definition) is 20. The Kier molecular flexibility index (Phi) is 44.5. The van der Waals surface area contributed by atoms with Crippen molar-refractivity contribution in [3.8, 4) is 0 Å². The molecule has 1 aromatic carbocycles. The first-order valence-corrected chi connectivity index (χ1v) is 36.5. The number of amides is 16. The molecular weight excluding hydrogens is 1360 g/mol. The van der Waals surface area contributed by atoms with E-state index in [-0.39, 0.29) is 154 Å². The van der Waals surface area contributed by atoms with Gasteiger partial charge in [0, 0.05) is 66.8 Å². The number of benzene rings is 1. The van der Waals surface area contributed by atoms with Gasteiger partial charge in [0.15, 0.2) is 12.9 Å². The Hall–Kier alpha value is -8.40. The number of imide groups is 2. The Labute approximate surface area is 612 Å². The Balaban J connectivity index is 0.00000163. The lowest BCUT2D eigenvalue weighted by Gasteiger charge is -2.25. The predicted octanol–water partition coefficient (Wildman–Crippen LogP) is 2.90. The molecule has 32 nitrogen and oxygen atoms in total. The average molecular weight is 1480 g/mol. The molecule has 16 N–H and O–H groups in total. The van der Waals surface area contributed by atoms with E-state index in [1.54, 1.807) is 64.5 Å². The molecular formula is C68H115N15O17S2. The van der Waals surface area contributed by atoms with Crippen LogP contribution in [0.4, 0.5) is 20.1 Å². The summed E-state index contributed by atoms with van der Waals surface area (Å²) >= 11 is 2.74. The van der Waals surface area contributed by atoms with Crippen molar-refractivity contribution in [3.63, 3.8) is 0 Å². The number of carbonyl (C=O) groups excluding carboxylic acids is 16. The second-order valence-corrected chi connectivity index (χ2v) is 27.2. The van der Waals surface area contributed by atoms with E-state index in [0.717, 1.165) is 0 Å². The van der Waals surface area contributed by atoms with Crippen LogP contribution in [0.1, 0.15) is 182 Å². The Morgan fingerprint density at radius 2 is 0.922 bits per heavy atom. The maximum atomic E-state index is 13.3. The van der Waals surface area contributed by atoms with E-state index >= 15 is 0 Å². The molecule has 2 aliphatic rings. The fourth-order valence-electron chi connectivity index (χ4n) is 10.3. The van der Waals surface area contributed by atoms with Gasteiger partial charge in [0.2, 0.25) is 59.1 Å². The molecule has 3 rings (SSSR count). The topological polar surface area (TPSA) is 487 Å². The summed E-state index contributed by atoms with van der Waals surface area (Å²) in [5.41, 5.74) is 16.1. The van der Waals surface area contributed by atoms with E-state index in [0.29, 0.717) is 102 Å². The first-order chi connectivity index (χ1) is 49.2. The highest BCUT2D eigenvalue weighted by Crippen LogP contribution is 2.25. The average Bonchev–Trinajstić information content (AvgIpc) is 1.71. The highest BCUT2D eigenvalue weighted by molar-refractivity contribution is 8.00. The van der Waals surface area contributed by atoms with Crippen LogP contribution < -0.4 is 70.4 Å². The minimum absolute atomic E-state index is 0. The zero-order valence-corrected chi connectivity index (χ0v) is 61.4. The summed E-state index contributed by atoms with van der Waals surface area (Å²) < 4.78 is 26.0. The minimum atomic E-state index is -1.16. The zero-order valence-electron chi connectivity index (χ0n) is 62.7. The first-order valence-electron chi connectivity index (χ1n) is 35.8. The number of Topliss-reactive ketones (excluding diaryl/α,β-unsaturated/α-hetero) is 2. The van der Waals surface area contributed by atoms with E-state index in [4.69, 9.17) is 21.3 Å². The molecule has 2 saturated heterocycles. The van der Waals surface area contributed by atoms with Gasteiger partial charge in [0.25, 0.3) is 6.45 Å². The number of ketones is 2. The van der Waals surface area contributed by atoms with Crippen LogP contribution in [0, 0.1) is 17.8 Å². The van der Waals surface area contributed by atoms with Crippen molar-refractivity contribution in [2.24, 2.45) is 35.0 Å². The van der Waals surface area contributed by atoms with Gasteiger partial charge in [-0.1, -0.05) is 80.9 Å². The van der Waals surface area contributed by atoms with Crippen LogP contribution in [-0.4, -0.2) is 204 Å². The molecule has 576 valence electrons. The molecule has 2 aliphatic heterocycles. The lowest BCUT2D eigenvalue weighted by atomic mass is 10.0. The molecule has 16 amide bonds. The monoisotopic (exact) mass is 1480 g/mol. The molecule has 2 unspecified atom stereocenters. The normalized spacial score (nSPS) is 16.1. The van der Waals surface area contributed by atoms with Gasteiger partial charge in [-0.15, -0.1) is 0 Å². The number of ether oxygens (including phenoxy) is 1. The van der Waals surface area contributed by atoms with Crippen molar-refractivity contribution in [3.05, 3.63) is 29.8 Å². The highest BCUT2D eigenvalue weighted by Gasteiger charge is 2.39. The molecule has 2 heterocycles. The third-order valence-electron chi connectivity index (χ3n) is 15.9. The number of carbonyl (C=O) groups is 16. The van der Waals surface area contributed by atoms with Crippen molar-refractivity contribution in [2.45, 2.75) is 226 Å². The van der Waals surface area contributed by atoms with Crippen molar-refractivity contribution >= 4 is 124 Å². The summed E-state index contributed by atoms with van der Waals surface area (Å²) in [4.78, 5) is 195. The number of nitrogens with zero attached hydrogens (tertiary/aromatic N) is 2. The Morgan fingerprint density at radius 1 is 0.549 bits per heavy atom. The number of thioether (sulfide) groups is 2. The number of unbranched alkanes of at least 4 members (excludes halogenated alkanes) is 4. The molecule has 0 bridgehead atoms. The summed E-state index contributed by atoms with van der Waals surface area (Å²) in [6.45, 7) is 13.9. The summed E-state index contributed by atoms with van der Waals surface area (Å²) in [5, 5.41) is 26.0. The van der Waals surface area contributed by atoms with Crippen LogP contribution >= 0.6 is 23.5 Å². The van der Waals surface area contributed by atoms with Crippen molar-refractivity contribution in [2.75, 3.05) is 57.1 Å². The summed E-state index contributed by atoms with van der Waals surface area (Å²) in [6.07, 6.45) is 8.64. The quantitative estimate of drug-likeness (QED) is 0.0254. The van der Waals surface area contributed by atoms with E-state index in [2.05, 4.69) is 57.9 Å². The van der Waals surface area contributed by atoms with E-state index < -0.39 is 85.2 Å². The van der Waals surface area contributed by atoms with Gasteiger partial charge in [-0.05, 0) is 133 Å². The maximum absolute atomic E-state index is 13.3. The standard InChI is InChI=1S/C30H44N6O8S.C23H39N5O6S.C14H28N4O3.CH4/c1-19(2)26(35-24(38)9-5-4-6-15-36-25(39)16-23(45-3)29(36)42)28(41)34-22(8-7-14-32-30(31)43)27(40)33-21-12-10-20(11-13-21)17-44-18-37;1-14(2)20(21(32)26-16(15(3)29)9-8-11-25-23(24)34)27-18(30)10-6-5-7-12-28-19(31)13-17(35-4)22(28)33;1-5-16-12(9(2)3)13(20)18-11(10(4)19)7-6-8-17-14(15)21;/h10-13,18-19,22-23,26H,4-9,14-17H2,1-3H3,(H,33,40)(H,34,41)(H,35,38)(H3,31,32,43);14,16-17,20H,5-13H2,1-4H3,(H,26,32)(H,27,30)(H3,24,25,34);9,11-12,16H,5-8H2,1-4H3,(H,18,20)(H3,15,17,21);1H4/t22-,23?,26-;16-,17?,20-;11-,12-;/m000./s1/i18D;3D;4D;. The third kappa shape index (κ3) is 37.5. The minimum Gasteiger partial charge on any atom is -0.463 e. The molecule has 102 heavy (non-hydrogen) atoms. The second kappa shape index (κ2) is 51.7. The third-order valence-corrected chi connectivity index (χ3v) is 17.8. The number of likely N-dealkylation sites (tertiary alicyclic amines) is 2. The van der Waals surface area contributed by atoms with Crippen LogP contribution in [0.15, 0.2) is 24.3 Å². The number of nitrogens with one attached hydrogen (secondary N) is 10. The molecule has 8 atom stereocenters. The largest absolute Gasteiger partial charge is 0.463 e. The number of likely N-dealkylation sites (N-methyl/N-ethyl adjacent to an activating group) is 1. The van der Waals surface area contributed by atoms with Crippen LogP contribution in [0.3, 0.4) is 0 Å². The maximum Gasteiger partial charge on any atom is 0.312 e. The molecule has 34 heteroatoms. The molecule has 0 radical (unpaired) electrons. The fourth-order valence-corrected chi connectivity index (χ4v) is 11.6. The molecule has 1 aromatic rings. The zero-order chi connectivity index (χ0) is 78.6. The molecule has 0 spiro atoms. The smallest absolute Gasteiger partial charge is 0.312 e. The van der Waals surface area contributed by atoms with Gasteiger partial charge in [-0.25, -0.2) is 14.4 Å². The number of nitrogens with two attached hydrogens (primary N) is 3. The number of hydrogen-bond donors (Lipinski definition) is 13. The number of anilines is 1. The van der Waals surface area contributed by atoms with Crippen molar-refractivity contribution < 1.29 is 85.6 Å². The number of rotatable bonds is 45. The summed E-state index contributed by atoms with van der Waals surface area (Å²) in [7, 11) is 0. The van der Waals surface area contributed by atoms with Crippen molar-refractivity contribution in [1.82, 2.24) is 57.7 Å². The Bertz CT molecular complexity index is 3020. The fraction of sp³-hybridized carbons (Fsp3) is 0.676. The van der Waals surface area contributed by atoms with Crippen LogP contribution in [0.25, 0.3) is 0 Å². The van der Waals surface area contributed by atoms with Crippen LogP contribution in [0.2, 0.25) is 0 Å². The Morgan fingerprint density at radius 3 is 1.25 bits per heavy atom. The second-order valence-electron chi connectivity index (χ2n) is 25.1. The van der Waals surface area contributed by atoms with Crippen molar-refractivity contribution in [1.29, 1.82) is 0 Å². The SMILES string of the molecule is C.[2H]C(=O)OCc1ccc(NC(=O)[C@H](CCCNC(N)=O)NC(=O)[C@@H](NC(=O)CCCCCN2C(=O)CC(SC)C2=O)C(C)C)cc1.[2H]CC(=O)[C@H](CCCNC(N)=O)NC(=O)[C@@H](NC(=O)CCCCCN1C(=O)CC(SC)C1=O)C(C)C.[2H]CC(=O)[C@H](CCCNC(N)=O)NC(=O)[C@@H](NCC)C(C)C. The van der Waals surface area contributed by atoms with Gasteiger partial charge in [0.05, 0.1) is 28.6 Å². The lowest BCUT2D eigenvalue weighted by molar-refractivity contribution is -0.139. The lowest BCUT2D eigenvalue weighted by Crippen LogP contribution is -2.54.